The first-order chi connectivity index (χ1) is 16.7. The summed E-state index contributed by atoms with van der Waals surface area (Å²) in [6.07, 6.45) is 6.21. The van der Waals surface area contributed by atoms with Crippen LogP contribution in [0.25, 0.3) is 22.3 Å². The van der Waals surface area contributed by atoms with Crippen LogP contribution in [0.3, 0.4) is 0 Å². The molecule has 1 unspecified atom stereocenters. The maximum Gasteiger partial charge on any atom is 0.351 e. The summed E-state index contributed by atoms with van der Waals surface area (Å²) in [6, 6.07) is 13.8. The third-order valence-electron chi connectivity index (χ3n) is 6.24. The maximum atomic E-state index is 12.6. The van der Waals surface area contributed by atoms with Crippen LogP contribution in [-0.4, -0.2) is 38.8 Å². The van der Waals surface area contributed by atoms with Crippen molar-refractivity contribution >= 4 is 11.0 Å². The van der Waals surface area contributed by atoms with Crippen molar-refractivity contribution in [2.75, 3.05) is 13.2 Å². The third kappa shape index (κ3) is 4.04. The second-order valence-electron chi connectivity index (χ2n) is 8.49. The molecule has 0 N–H and O–H groups in total. The van der Waals surface area contributed by atoms with Gasteiger partial charge >= 0.3 is 5.69 Å². The summed E-state index contributed by atoms with van der Waals surface area (Å²) >= 11 is 0. The molecule has 1 saturated heterocycles. The highest BCUT2D eigenvalue weighted by Crippen LogP contribution is 2.30. The van der Waals surface area contributed by atoms with E-state index >= 15 is 0 Å². The highest BCUT2D eigenvalue weighted by atomic mass is 16.5. The second kappa shape index (κ2) is 8.73. The Hall–Kier alpha value is -4.02. The predicted molar refractivity (Wildman–Crippen MR) is 128 cm³/mol. The number of aryl methyl sites for hydroxylation is 1. The van der Waals surface area contributed by atoms with Crippen molar-refractivity contribution in [3.8, 4) is 29.0 Å². The van der Waals surface area contributed by atoms with Crippen molar-refractivity contribution in [1.29, 1.82) is 0 Å². The minimum absolute atomic E-state index is 0.0728. The van der Waals surface area contributed by atoms with Crippen LogP contribution >= 0.6 is 0 Å². The summed E-state index contributed by atoms with van der Waals surface area (Å²) in [7, 11) is 0. The van der Waals surface area contributed by atoms with E-state index in [1.807, 2.05) is 36.4 Å². The van der Waals surface area contributed by atoms with Gasteiger partial charge in [-0.1, -0.05) is 17.9 Å². The molecule has 34 heavy (non-hydrogen) atoms. The molecule has 2 aliphatic rings. The Balaban J connectivity index is 1.27. The number of ether oxygens (including phenoxy) is 2. The molecule has 2 aromatic carbocycles. The van der Waals surface area contributed by atoms with E-state index < -0.39 is 0 Å². The van der Waals surface area contributed by atoms with E-state index in [4.69, 9.17) is 9.47 Å². The molecule has 4 heterocycles. The zero-order valence-electron chi connectivity index (χ0n) is 18.5. The standard InChI is InChI=1S/C27H22N4O3/c32-27-30-26(34-17-21-2-1-13-33-21)16-25-22-7-5-18(14-20(22)9-12-31(25)27)3-4-19-6-8-23-24(15-19)29-11-10-28-23/h5-8,10-11,14-16,21H,1-2,9,12-13,17H2. The number of aromatic nitrogens is 4. The van der Waals surface area contributed by atoms with Gasteiger partial charge in [-0.25, -0.2) is 4.79 Å². The zero-order valence-corrected chi connectivity index (χ0v) is 18.5. The number of rotatable bonds is 3. The summed E-state index contributed by atoms with van der Waals surface area (Å²) in [6.45, 7) is 1.76. The molecule has 1 fully saturated rings. The number of hydrogen-bond donors (Lipinski definition) is 0. The minimum Gasteiger partial charge on any atom is -0.475 e. The van der Waals surface area contributed by atoms with Gasteiger partial charge in [-0.05, 0) is 55.2 Å². The monoisotopic (exact) mass is 450 g/mol. The maximum absolute atomic E-state index is 12.6. The van der Waals surface area contributed by atoms with Gasteiger partial charge in [0.05, 0.1) is 22.8 Å². The normalized spacial score (nSPS) is 16.4. The van der Waals surface area contributed by atoms with Crippen LogP contribution in [0.2, 0.25) is 0 Å². The van der Waals surface area contributed by atoms with Crippen LogP contribution in [0.4, 0.5) is 0 Å². The first-order valence-corrected chi connectivity index (χ1v) is 11.5. The Kier molecular flexibility index (Phi) is 5.28. The molecule has 2 aromatic heterocycles. The van der Waals surface area contributed by atoms with E-state index in [1.165, 1.54) is 0 Å². The molecule has 7 nitrogen and oxygen atoms in total. The lowest BCUT2D eigenvalue weighted by molar-refractivity contribution is 0.0661. The fourth-order valence-corrected chi connectivity index (χ4v) is 4.50. The molecule has 168 valence electrons. The van der Waals surface area contributed by atoms with Crippen molar-refractivity contribution in [3.63, 3.8) is 0 Å². The second-order valence-corrected chi connectivity index (χ2v) is 8.49. The van der Waals surface area contributed by atoms with Crippen LogP contribution < -0.4 is 10.4 Å². The molecular formula is C27H22N4O3. The van der Waals surface area contributed by atoms with Crippen molar-refractivity contribution in [3.05, 3.63) is 82.0 Å². The smallest absolute Gasteiger partial charge is 0.351 e. The van der Waals surface area contributed by atoms with Gasteiger partial charge < -0.3 is 9.47 Å². The molecule has 0 spiro atoms. The largest absolute Gasteiger partial charge is 0.475 e. The Labute approximate surface area is 196 Å². The number of fused-ring (bicyclic) bond motifs is 4. The van der Waals surface area contributed by atoms with E-state index in [-0.39, 0.29) is 11.8 Å². The van der Waals surface area contributed by atoms with Gasteiger partial charge in [-0.3, -0.25) is 14.5 Å². The first-order valence-electron chi connectivity index (χ1n) is 11.5. The lowest BCUT2D eigenvalue weighted by Gasteiger charge is -2.22. The van der Waals surface area contributed by atoms with Gasteiger partial charge in [-0.2, -0.15) is 4.98 Å². The van der Waals surface area contributed by atoms with E-state index in [2.05, 4.69) is 32.9 Å². The Morgan fingerprint density at radius 1 is 1.03 bits per heavy atom. The lowest BCUT2D eigenvalue weighted by Crippen LogP contribution is -2.29. The van der Waals surface area contributed by atoms with Gasteiger partial charge in [0.2, 0.25) is 5.88 Å². The van der Waals surface area contributed by atoms with Crippen LogP contribution in [0.5, 0.6) is 5.88 Å². The van der Waals surface area contributed by atoms with E-state index in [0.717, 1.165) is 64.9 Å². The Bertz CT molecular complexity index is 1510. The van der Waals surface area contributed by atoms with Crippen LogP contribution in [0.1, 0.15) is 29.5 Å². The third-order valence-corrected chi connectivity index (χ3v) is 6.24. The molecule has 4 aromatic rings. The quantitative estimate of drug-likeness (QED) is 0.446. The molecule has 6 rings (SSSR count). The summed E-state index contributed by atoms with van der Waals surface area (Å²) in [5.74, 6) is 6.83. The molecule has 0 radical (unpaired) electrons. The number of hydrogen-bond acceptors (Lipinski definition) is 6. The lowest BCUT2D eigenvalue weighted by atomic mass is 9.95. The molecule has 0 bridgehead atoms. The molecular weight excluding hydrogens is 428 g/mol. The SMILES string of the molecule is O=c1nc(OCC2CCCO2)cc2n1CCc1cc(C#Cc3ccc4nccnc4c3)ccc1-2. The topological polar surface area (TPSA) is 79.1 Å². The molecule has 0 saturated carbocycles. The summed E-state index contributed by atoms with van der Waals surface area (Å²) in [5.41, 5.74) is 6.22. The highest BCUT2D eigenvalue weighted by Gasteiger charge is 2.21. The average Bonchev–Trinajstić information content (AvgIpc) is 3.39. The van der Waals surface area contributed by atoms with Crippen molar-refractivity contribution < 1.29 is 9.47 Å². The van der Waals surface area contributed by atoms with Gasteiger partial charge in [-0.15, -0.1) is 0 Å². The fourth-order valence-electron chi connectivity index (χ4n) is 4.50. The Morgan fingerprint density at radius 2 is 1.85 bits per heavy atom. The molecule has 1 atom stereocenters. The minimum atomic E-state index is -0.284. The van der Waals surface area contributed by atoms with Crippen LogP contribution in [0.15, 0.2) is 59.7 Å². The molecule has 0 amide bonds. The van der Waals surface area contributed by atoms with Crippen LogP contribution in [0, 0.1) is 11.8 Å². The van der Waals surface area contributed by atoms with E-state index in [0.29, 0.717) is 19.0 Å². The number of nitrogens with zero attached hydrogens (tertiary/aromatic N) is 4. The predicted octanol–water partition coefficient (Wildman–Crippen LogP) is 3.37. The van der Waals surface area contributed by atoms with Gasteiger partial charge in [0, 0.05) is 48.3 Å². The van der Waals surface area contributed by atoms with Gasteiger partial charge in [0.1, 0.15) is 6.61 Å². The fraction of sp³-hybridized carbons (Fsp3) is 0.259. The average molecular weight is 450 g/mol. The van der Waals surface area contributed by atoms with Crippen molar-refractivity contribution in [2.45, 2.75) is 31.9 Å². The van der Waals surface area contributed by atoms with Crippen molar-refractivity contribution in [2.24, 2.45) is 0 Å². The number of benzene rings is 2. The van der Waals surface area contributed by atoms with E-state index in [9.17, 15) is 4.79 Å². The highest BCUT2D eigenvalue weighted by molar-refractivity contribution is 5.75. The first kappa shape index (κ1) is 20.6. The zero-order chi connectivity index (χ0) is 22.9. The van der Waals surface area contributed by atoms with Crippen molar-refractivity contribution in [1.82, 2.24) is 19.5 Å². The molecule has 0 aliphatic carbocycles. The van der Waals surface area contributed by atoms with Gasteiger partial charge in [0.15, 0.2) is 0 Å². The molecule has 7 heteroatoms. The van der Waals surface area contributed by atoms with Crippen LogP contribution in [-0.2, 0) is 17.7 Å². The van der Waals surface area contributed by atoms with E-state index in [1.54, 1.807) is 17.0 Å². The summed E-state index contributed by atoms with van der Waals surface area (Å²) in [5, 5.41) is 0. The molecule has 2 aliphatic heterocycles. The Morgan fingerprint density at radius 3 is 2.71 bits per heavy atom. The summed E-state index contributed by atoms with van der Waals surface area (Å²) in [4.78, 5) is 25.4. The summed E-state index contributed by atoms with van der Waals surface area (Å²) < 4.78 is 13.1. The van der Waals surface area contributed by atoms with Gasteiger partial charge in [0.25, 0.3) is 0 Å².